The summed E-state index contributed by atoms with van der Waals surface area (Å²) in [5, 5.41) is 9.00. The minimum absolute atomic E-state index is 0.0220. The van der Waals surface area contributed by atoms with Crippen LogP contribution in [-0.2, 0) is 18.9 Å². The van der Waals surface area contributed by atoms with Crippen LogP contribution in [0.1, 0.15) is 26.2 Å². The molecule has 0 radical (unpaired) electrons. The number of hydrogen-bond acceptors (Lipinski definition) is 6. The Kier molecular flexibility index (Phi) is 13.6. The molecule has 0 aliphatic carbocycles. The summed E-state index contributed by atoms with van der Waals surface area (Å²) >= 11 is 0. The van der Waals surface area contributed by atoms with Gasteiger partial charge in [-0.1, -0.05) is 0 Å². The summed E-state index contributed by atoms with van der Waals surface area (Å²) in [6.45, 7) is 6.14. The van der Waals surface area contributed by atoms with Crippen LogP contribution >= 0.6 is 0 Å². The first-order valence-corrected chi connectivity index (χ1v) is 7.24. The molecule has 1 atom stereocenters. The van der Waals surface area contributed by atoms with Crippen molar-refractivity contribution in [2.24, 2.45) is 5.73 Å². The fourth-order valence-electron chi connectivity index (χ4n) is 1.50. The Morgan fingerprint density at radius 3 is 1.85 bits per heavy atom. The number of hydrogen-bond donors (Lipinski definition) is 2. The summed E-state index contributed by atoms with van der Waals surface area (Å²) in [4.78, 5) is 0. The van der Waals surface area contributed by atoms with E-state index in [0.29, 0.717) is 46.2 Å². The molecule has 0 aromatic rings. The highest BCUT2D eigenvalue weighted by molar-refractivity contribution is 4.76. The standard InChI is InChI=1S/C14H31NO5/c1-14(15,13-16)5-3-4-6-18-9-10-20-12-11-19-8-7-17-2/h16H,3-13,15H2,1-2H3. The average molecular weight is 293 g/mol. The van der Waals surface area contributed by atoms with Gasteiger partial charge in [-0.2, -0.15) is 0 Å². The molecule has 0 fully saturated rings. The van der Waals surface area contributed by atoms with Crippen molar-refractivity contribution in [2.45, 2.75) is 31.7 Å². The molecule has 0 aliphatic heterocycles. The lowest BCUT2D eigenvalue weighted by Crippen LogP contribution is -2.39. The van der Waals surface area contributed by atoms with E-state index in [1.165, 1.54) is 0 Å². The van der Waals surface area contributed by atoms with Gasteiger partial charge in [0.15, 0.2) is 0 Å². The van der Waals surface area contributed by atoms with E-state index in [-0.39, 0.29) is 6.61 Å². The van der Waals surface area contributed by atoms with Crippen LogP contribution in [0.3, 0.4) is 0 Å². The predicted molar refractivity (Wildman–Crippen MR) is 77.9 cm³/mol. The first kappa shape index (κ1) is 19.8. The number of unbranched alkanes of at least 4 members (excludes halogenated alkanes) is 1. The summed E-state index contributed by atoms with van der Waals surface area (Å²) in [5.74, 6) is 0. The Morgan fingerprint density at radius 1 is 0.850 bits per heavy atom. The molecule has 0 heterocycles. The Hall–Kier alpha value is -0.240. The first-order valence-electron chi connectivity index (χ1n) is 7.24. The van der Waals surface area contributed by atoms with Crippen LogP contribution < -0.4 is 5.73 Å². The second-order valence-corrected chi connectivity index (χ2v) is 5.10. The topological polar surface area (TPSA) is 83.2 Å². The summed E-state index contributed by atoms with van der Waals surface area (Å²) < 4.78 is 20.9. The van der Waals surface area contributed by atoms with Crippen molar-refractivity contribution in [3.05, 3.63) is 0 Å². The number of nitrogens with two attached hydrogens (primary N) is 1. The van der Waals surface area contributed by atoms with Crippen LogP contribution in [0.4, 0.5) is 0 Å². The normalized spacial score (nSPS) is 14.4. The van der Waals surface area contributed by atoms with E-state index < -0.39 is 5.54 Å². The second kappa shape index (κ2) is 13.7. The van der Waals surface area contributed by atoms with Crippen molar-refractivity contribution >= 4 is 0 Å². The van der Waals surface area contributed by atoms with Crippen LogP contribution in [0.15, 0.2) is 0 Å². The van der Waals surface area contributed by atoms with Gasteiger partial charge in [0.2, 0.25) is 0 Å². The minimum Gasteiger partial charge on any atom is -0.394 e. The molecule has 0 amide bonds. The Balaban J connectivity index is 3.06. The van der Waals surface area contributed by atoms with Gasteiger partial charge in [-0.15, -0.1) is 0 Å². The molecule has 0 saturated heterocycles. The summed E-state index contributed by atoms with van der Waals surface area (Å²) in [6, 6.07) is 0. The number of aliphatic hydroxyl groups is 1. The van der Waals surface area contributed by atoms with Crippen LogP contribution in [-0.4, -0.2) is 70.6 Å². The lowest BCUT2D eigenvalue weighted by atomic mass is 9.97. The van der Waals surface area contributed by atoms with Crippen molar-refractivity contribution in [1.29, 1.82) is 0 Å². The molecule has 6 heteroatoms. The van der Waals surface area contributed by atoms with E-state index in [0.717, 1.165) is 19.3 Å². The third-order valence-corrected chi connectivity index (χ3v) is 2.82. The van der Waals surface area contributed by atoms with Gasteiger partial charge in [0.05, 0.1) is 46.2 Å². The molecule has 0 rings (SSSR count). The molecular weight excluding hydrogens is 262 g/mol. The molecule has 3 N–H and O–H groups in total. The molecule has 0 aromatic heterocycles. The van der Waals surface area contributed by atoms with Crippen molar-refractivity contribution in [1.82, 2.24) is 0 Å². The molecule has 6 nitrogen and oxygen atoms in total. The van der Waals surface area contributed by atoms with Crippen molar-refractivity contribution in [2.75, 3.05) is 60.0 Å². The predicted octanol–water partition coefficient (Wildman–Crippen LogP) is 0.563. The van der Waals surface area contributed by atoms with Gasteiger partial charge in [0, 0.05) is 19.3 Å². The smallest absolute Gasteiger partial charge is 0.0701 e. The molecule has 20 heavy (non-hydrogen) atoms. The number of aliphatic hydroxyl groups excluding tert-OH is 1. The van der Waals surface area contributed by atoms with Crippen molar-refractivity contribution in [3.63, 3.8) is 0 Å². The molecule has 0 aliphatic rings. The van der Waals surface area contributed by atoms with E-state index in [1.54, 1.807) is 7.11 Å². The van der Waals surface area contributed by atoms with E-state index >= 15 is 0 Å². The molecule has 0 spiro atoms. The zero-order chi connectivity index (χ0) is 15.1. The van der Waals surface area contributed by atoms with Crippen LogP contribution in [0.25, 0.3) is 0 Å². The summed E-state index contributed by atoms with van der Waals surface area (Å²) in [7, 11) is 1.65. The highest BCUT2D eigenvalue weighted by atomic mass is 16.6. The SMILES string of the molecule is COCCOCCOCCOCCCCC(C)(N)CO. The molecule has 0 saturated carbocycles. The van der Waals surface area contributed by atoms with Crippen LogP contribution in [0.2, 0.25) is 0 Å². The second-order valence-electron chi connectivity index (χ2n) is 5.10. The Morgan fingerprint density at radius 2 is 1.35 bits per heavy atom. The summed E-state index contributed by atoms with van der Waals surface area (Å²) in [6.07, 6.45) is 2.72. The van der Waals surface area contributed by atoms with E-state index in [2.05, 4.69) is 0 Å². The lowest BCUT2D eigenvalue weighted by molar-refractivity contribution is 0.00309. The van der Waals surface area contributed by atoms with Crippen LogP contribution in [0.5, 0.6) is 0 Å². The van der Waals surface area contributed by atoms with E-state index in [4.69, 9.17) is 29.8 Å². The van der Waals surface area contributed by atoms with Gasteiger partial charge < -0.3 is 29.8 Å². The van der Waals surface area contributed by atoms with Gasteiger partial charge in [-0.25, -0.2) is 0 Å². The van der Waals surface area contributed by atoms with Gasteiger partial charge in [-0.3, -0.25) is 0 Å². The molecular formula is C14H31NO5. The van der Waals surface area contributed by atoms with Gasteiger partial charge >= 0.3 is 0 Å². The molecule has 0 aromatic carbocycles. The van der Waals surface area contributed by atoms with E-state index in [1.807, 2.05) is 6.92 Å². The highest BCUT2D eigenvalue weighted by Crippen LogP contribution is 2.09. The number of rotatable bonds is 15. The third kappa shape index (κ3) is 14.2. The Bertz CT molecular complexity index is 202. The molecule has 0 bridgehead atoms. The summed E-state index contributed by atoms with van der Waals surface area (Å²) in [5.41, 5.74) is 5.36. The highest BCUT2D eigenvalue weighted by Gasteiger charge is 2.15. The van der Waals surface area contributed by atoms with E-state index in [9.17, 15) is 0 Å². The third-order valence-electron chi connectivity index (χ3n) is 2.82. The largest absolute Gasteiger partial charge is 0.394 e. The maximum Gasteiger partial charge on any atom is 0.0701 e. The number of ether oxygens (including phenoxy) is 4. The lowest BCUT2D eigenvalue weighted by Gasteiger charge is -2.21. The average Bonchev–Trinajstić information content (AvgIpc) is 2.44. The van der Waals surface area contributed by atoms with Gasteiger partial charge in [0.25, 0.3) is 0 Å². The monoisotopic (exact) mass is 293 g/mol. The Labute approximate surface area is 122 Å². The zero-order valence-corrected chi connectivity index (χ0v) is 12.9. The molecule has 122 valence electrons. The quantitative estimate of drug-likeness (QED) is 0.429. The fraction of sp³-hybridized carbons (Fsp3) is 1.00. The zero-order valence-electron chi connectivity index (χ0n) is 12.9. The number of methoxy groups -OCH3 is 1. The molecule has 1 unspecified atom stereocenters. The minimum atomic E-state index is -0.466. The van der Waals surface area contributed by atoms with Gasteiger partial charge in [-0.05, 0) is 26.2 Å². The van der Waals surface area contributed by atoms with Gasteiger partial charge in [0.1, 0.15) is 0 Å². The van der Waals surface area contributed by atoms with Crippen molar-refractivity contribution in [3.8, 4) is 0 Å². The van der Waals surface area contributed by atoms with Crippen molar-refractivity contribution < 1.29 is 24.1 Å². The maximum atomic E-state index is 9.00. The van der Waals surface area contributed by atoms with Crippen LogP contribution in [0, 0.1) is 0 Å². The fourth-order valence-corrected chi connectivity index (χ4v) is 1.50. The maximum absolute atomic E-state index is 9.00. The first-order chi connectivity index (χ1) is 9.62.